The van der Waals surface area contributed by atoms with Crippen LogP contribution in [0.15, 0.2) is 41.0 Å². The summed E-state index contributed by atoms with van der Waals surface area (Å²) in [6, 6.07) is 10.1. The van der Waals surface area contributed by atoms with E-state index < -0.39 is 11.7 Å². The maximum atomic E-state index is 13.4. The van der Waals surface area contributed by atoms with Gasteiger partial charge < -0.3 is 19.0 Å². The van der Waals surface area contributed by atoms with Crippen LogP contribution in [0, 0.1) is 12.8 Å². The lowest BCUT2D eigenvalue weighted by Crippen LogP contribution is -2.39. The number of furan rings is 1. The van der Waals surface area contributed by atoms with Gasteiger partial charge in [0.05, 0.1) is 12.5 Å². The van der Waals surface area contributed by atoms with Gasteiger partial charge in [-0.05, 0) is 43.7 Å². The van der Waals surface area contributed by atoms with E-state index in [9.17, 15) is 14.4 Å². The molecule has 178 valence electrons. The highest BCUT2D eigenvalue weighted by molar-refractivity contribution is 6.43. The van der Waals surface area contributed by atoms with Gasteiger partial charge in [-0.2, -0.15) is 0 Å². The minimum Gasteiger partial charge on any atom is -0.480 e. The molecule has 0 atom stereocenters. The lowest BCUT2D eigenvalue weighted by atomic mass is 9.89. The SMILES string of the molecule is COc1nc2coc(C(=O)C(=O)N(C)C)c2cc1C(=O)N1CCC(Cc2ccc(C)cc2)CC1. The number of fused-ring (bicyclic) bond motifs is 1. The molecule has 0 aliphatic carbocycles. The Morgan fingerprint density at radius 1 is 1.15 bits per heavy atom. The van der Waals surface area contributed by atoms with E-state index in [1.165, 1.54) is 43.5 Å². The van der Waals surface area contributed by atoms with Gasteiger partial charge in [-0.3, -0.25) is 14.4 Å². The van der Waals surface area contributed by atoms with Gasteiger partial charge in [0.25, 0.3) is 17.6 Å². The number of ketones is 1. The number of likely N-dealkylation sites (tertiary alicyclic amines) is 1. The molecule has 0 radical (unpaired) electrons. The first-order valence-corrected chi connectivity index (χ1v) is 11.4. The second-order valence-electron chi connectivity index (χ2n) is 9.00. The lowest BCUT2D eigenvalue weighted by molar-refractivity contribution is -0.124. The van der Waals surface area contributed by atoms with Crippen molar-refractivity contribution in [2.75, 3.05) is 34.3 Å². The van der Waals surface area contributed by atoms with Gasteiger partial charge in [0.1, 0.15) is 17.3 Å². The molecule has 1 aromatic carbocycles. The van der Waals surface area contributed by atoms with Crippen LogP contribution in [0.3, 0.4) is 0 Å². The zero-order chi connectivity index (χ0) is 24.4. The fraction of sp³-hybridized carbons (Fsp3) is 0.385. The third kappa shape index (κ3) is 4.66. The number of rotatable bonds is 6. The quantitative estimate of drug-likeness (QED) is 0.410. The average molecular weight is 464 g/mol. The Kier molecular flexibility index (Phi) is 6.68. The van der Waals surface area contributed by atoms with Crippen molar-refractivity contribution < 1.29 is 23.5 Å². The standard InChI is InChI=1S/C26H29N3O5/c1-16-5-7-17(8-6-16)13-18-9-11-29(12-10-18)25(31)20-14-19-21(27-24(20)33-4)15-34-23(19)22(30)26(32)28(2)3/h5-8,14-15,18H,9-13H2,1-4H3. The topological polar surface area (TPSA) is 93.0 Å². The molecule has 1 aliphatic heterocycles. The van der Waals surface area contributed by atoms with Crippen LogP contribution >= 0.6 is 0 Å². The predicted molar refractivity (Wildman–Crippen MR) is 127 cm³/mol. The van der Waals surface area contributed by atoms with E-state index in [2.05, 4.69) is 36.2 Å². The molecule has 8 heteroatoms. The van der Waals surface area contributed by atoms with Gasteiger partial charge in [0, 0.05) is 27.2 Å². The first-order chi connectivity index (χ1) is 16.3. The van der Waals surface area contributed by atoms with Crippen molar-refractivity contribution >= 4 is 28.5 Å². The maximum Gasteiger partial charge on any atom is 0.297 e. The Bertz CT molecular complexity index is 1220. The molecular formula is C26H29N3O5. The van der Waals surface area contributed by atoms with Crippen LogP contribution in [0.5, 0.6) is 5.88 Å². The predicted octanol–water partition coefficient (Wildman–Crippen LogP) is 3.51. The van der Waals surface area contributed by atoms with Crippen LogP contribution in [-0.2, 0) is 11.2 Å². The Morgan fingerprint density at radius 2 is 1.82 bits per heavy atom. The highest BCUT2D eigenvalue weighted by Gasteiger charge is 2.29. The van der Waals surface area contributed by atoms with Crippen molar-refractivity contribution in [2.45, 2.75) is 26.2 Å². The molecule has 2 aromatic heterocycles. The summed E-state index contributed by atoms with van der Waals surface area (Å²) in [6.45, 7) is 3.34. The number of aryl methyl sites for hydroxylation is 1. The molecular weight excluding hydrogens is 434 g/mol. The second-order valence-corrected chi connectivity index (χ2v) is 9.00. The first kappa shape index (κ1) is 23.5. The third-order valence-corrected chi connectivity index (χ3v) is 6.33. The van der Waals surface area contributed by atoms with Crippen molar-refractivity contribution in [1.29, 1.82) is 0 Å². The molecule has 1 fully saturated rings. The minimum atomic E-state index is -0.790. The molecule has 0 unspecified atom stereocenters. The van der Waals surface area contributed by atoms with Crippen molar-refractivity contribution in [3.8, 4) is 5.88 Å². The Balaban J connectivity index is 1.52. The highest BCUT2D eigenvalue weighted by atomic mass is 16.5. The molecule has 2 amide bonds. The Labute approximate surface area is 198 Å². The van der Waals surface area contributed by atoms with Gasteiger partial charge in [-0.15, -0.1) is 0 Å². The zero-order valence-electron chi connectivity index (χ0n) is 20.0. The van der Waals surface area contributed by atoms with Crippen molar-refractivity contribution in [2.24, 2.45) is 5.92 Å². The second kappa shape index (κ2) is 9.67. The molecule has 0 N–H and O–H groups in total. The van der Waals surface area contributed by atoms with Crippen LogP contribution in [0.25, 0.3) is 10.9 Å². The number of aromatic nitrogens is 1. The number of carbonyl (C=O) groups is 3. The Morgan fingerprint density at radius 3 is 2.44 bits per heavy atom. The number of nitrogens with zero attached hydrogens (tertiary/aromatic N) is 3. The number of amides is 2. The number of pyridine rings is 1. The van der Waals surface area contributed by atoms with E-state index in [0.29, 0.717) is 29.9 Å². The van der Waals surface area contributed by atoms with Crippen LogP contribution in [0.4, 0.5) is 0 Å². The number of hydrogen-bond acceptors (Lipinski definition) is 6. The lowest BCUT2D eigenvalue weighted by Gasteiger charge is -2.32. The van der Waals surface area contributed by atoms with E-state index in [0.717, 1.165) is 19.3 Å². The van der Waals surface area contributed by atoms with Crippen LogP contribution < -0.4 is 4.74 Å². The van der Waals surface area contributed by atoms with E-state index in [1.54, 1.807) is 11.0 Å². The van der Waals surface area contributed by atoms with Gasteiger partial charge in [0.2, 0.25) is 5.88 Å². The number of piperidine rings is 1. The fourth-order valence-electron chi connectivity index (χ4n) is 4.31. The first-order valence-electron chi connectivity index (χ1n) is 11.4. The summed E-state index contributed by atoms with van der Waals surface area (Å²) < 4.78 is 10.7. The third-order valence-electron chi connectivity index (χ3n) is 6.33. The number of ether oxygens (including phenoxy) is 1. The van der Waals surface area contributed by atoms with Crippen LogP contribution in [0.2, 0.25) is 0 Å². The monoisotopic (exact) mass is 463 g/mol. The number of hydrogen-bond donors (Lipinski definition) is 0. The summed E-state index contributed by atoms with van der Waals surface area (Å²) in [5.74, 6) is -1.16. The fourth-order valence-corrected chi connectivity index (χ4v) is 4.31. The molecule has 1 saturated heterocycles. The molecule has 4 rings (SSSR count). The summed E-state index contributed by atoms with van der Waals surface area (Å²) in [7, 11) is 4.43. The molecule has 34 heavy (non-hydrogen) atoms. The van der Waals surface area contributed by atoms with Crippen molar-refractivity contribution in [1.82, 2.24) is 14.8 Å². The van der Waals surface area contributed by atoms with Gasteiger partial charge in [0.15, 0.2) is 5.76 Å². The smallest absolute Gasteiger partial charge is 0.297 e. The minimum absolute atomic E-state index is 0.130. The molecule has 3 aromatic rings. The zero-order valence-corrected chi connectivity index (χ0v) is 20.0. The molecule has 8 nitrogen and oxygen atoms in total. The number of benzene rings is 1. The van der Waals surface area contributed by atoms with Crippen LogP contribution in [-0.4, -0.2) is 66.7 Å². The number of likely N-dealkylation sites (N-methyl/N-ethyl adjacent to an activating group) is 1. The van der Waals surface area contributed by atoms with Crippen molar-refractivity contribution in [3.05, 3.63) is 59.0 Å². The van der Waals surface area contributed by atoms with E-state index in [4.69, 9.17) is 9.15 Å². The molecule has 0 bridgehead atoms. The van der Waals surface area contributed by atoms with E-state index in [-0.39, 0.29) is 23.1 Å². The van der Waals surface area contributed by atoms with E-state index >= 15 is 0 Å². The van der Waals surface area contributed by atoms with Gasteiger partial charge >= 0.3 is 0 Å². The normalized spacial score (nSPS) is 14.3. The number of Topliss-reactive ketones (excluding diaryl/α,β-unsaturated/α-hetero) is 1. The van der Waals surface area contributed by atoms with Gasteiger partial charge in [-0.1, -0.05) is 29.8 Å². The largest absolute Gasteiger partial charge is 0.480 e. The average Bonchev–Trinajstić information content (AvgIpc) is 3.26. The maximum absolute atomic E-state index is 13.4. The molecule has 0 saturated carbocycles. The number of carbonyl (C=O) groups excluding carboxylic acids is 3. The summed E-state index contributed by atoms with van der Waals surface area (Å²) in [5.41, 5.74) is 3.16. The number of methoxy groups -OCH3 is 1. The summed E-state index contributed by atoms with van der Waals surface area (Å²) >= 11 is 0. The Hall–Kier alpha value is -3.68. The summed E-state index contributed by atoms with van der Waals surface area (Å²) in [5, 5.41) is 0.318. The molecule has 1 aliphatic rings. The highest BCUT2D eigenvalue weighted by Crippen LogP contribution is 2.30. The molecule has 0 spiro atoms. The molecule has 3 heterocycles. The van der Waals surface area contributed by atoms with Gasteiger partial charge in [-0.25, -0.2) is 4.98 Å². The summed E-state index contributed by atoms with van der Waals surface area (Å²) in [6.07, 6.45) is 4.10. The van der Waals surface area contributed by atoms with Crippen molar-refractivity contribution in [3.63, 3.8) is 0 Å². The van der Waals surface area contributed by atoms with E-state index in [1.807, 2.05) is 0 Å². The summed E-state index contributed by atoms with van der Waals surface area (Å²) in [4.78, 5) is 45.4. The van der Waals surface area contributed by atoms with Crippen LogP contribution in [0.1, 0.15) is 44.9 Å².